The molecule has 0 aromatic heterocycles. The van der Waals surface area contributed by atoms with Crippen LogP contribution in [0.15, 0.2) is 30.3 Å². The maximum atomic E-state index is 13.9. The van der Waals surface area contributed by atoms with Gasteiger partial charge in [-0.05, 0) is 5.56 Å². The van der Waals surface area contributed by atoms with Crippen LogP contribution >= 0.6 is 0 Å². The van der Waals surface area contributed by atoms with Gasteiger partial charge in [-0.2, -0.15) is 0 Å². The van der Waals surface area contributed by atoms with E-state index in [-0.39, 0.29) is 32.7 Å². The zero-order valence-corrected chi connectivity index (χ0v) is 12.0. The molecule has 1 atom stereocenters. The van der Waals surface area contributed by atoms with E-state index in [4.69, 9.17) is 10.5 Å². The van der Waals surface area contributed by atoms with Gasteiger partial charge < -0.3 is 15.4 Å². The Hall–Kier alpha value is -1.69. The number of piperidine rings is 1. The van der Waals surface area contributed by atoms with E-state index in [1.807, 2.05) is 30.3 Å². The van der Waals surface area contributed by atoms with E-state index in [0.717, 1.165) is 5.56 Å². The first kappa shape index (κ1) is 15.7. The predicted octanol–water partition coefficient (Wildman–Crippen LogP) is 2.63. The fourth-order valence-electron chi connectivity index (χ4n) is 2.37. The van der Waals surface area contributed by atoms with Crippen molar-refractivity contribution in [3.8, 4) is 0 Å². The fraction of sp³-hybridized carbons (Fsp3) is 0.533. The Morgan fingerprint density at radius 2 is 2.05 bits per heavy atom. The van der Waals surface area contributed by atoms with Crippen LogP contribution in [0.1, 0.15) is 18.9 Å². The Bertz CT molecular complexity index is 496. The van der Waals surface area contributed by atoms with Crippen LogP contribution in [0, 0.1) is 5.41 Å². The van der Waals surface area contributed by atoms with E-state index in [9.17, 15) is 13.6 Å². The lowest BCUT2D eigenvalue weighted by molar-refractivity contribution is -0.150. The summed E-state index contributed by atoms with van der Waals surface area (Å²) >= 11 is 0. The van der Waals surface area contributed by atoms with Gasteiger partial charge in [-0.15, -0.1) is 0 Å². The summed E-state index contributed by atoms with van der Waals surface area (Å²) in [6, 6.07) is 9.22. The molecule has 0 saturated carbocycles. The Morgan fingerprint density at radius 3 is 2.67 bits per heavy atom. The van der Waals surface area contributed by atoms with E-state index in [1.165, 1.54) is 11.8 Å². The molecule has 1 unspecified atom stereocenters. The van der Waals surface area contributed by atoms with E-state index >= 15 is 0 Å². The average molecular weight is 298 g/mol. The van der Waals surface area contributed by atoms with Crippen molar-refractivity contribution >= 4 is 6.09 Å². The van der Waals surface area contributed by atoms with Crippen molar-refractivity contribution in [2.45, 2.75) is 25.9 Å². The highest BCUT2D eigenvalue weighted by Crippen LogP contribution is 2.42. The number of alkyl halides is 2. The molecule has 1 aliphatic heterocycles. The van der Waals surface area contributed by atoms with Crippen LogP contribution in [-0.4, -0.2) is 36.5 Å². The van der Waals surface area contributed by atoms with Gasteiger partial charge in [0.2, 0.25) is 0 Å². The second kappa shape index (κ2) is 5.97. The van der Waals surface area contributed by atoms with Crippen molar-refractivity contribution in [3.63, 3.8) is 0 Å². The van der Waals surface area contributed by atoms with Crippen LogP contribution < -0.4 is 5.73 Å². The van der Waals surface area contributed by atoms with Crippen LogP contribution in [-0.2, 0) is 11.3 Å². The third-order valence-corrected chi connectivity index (χ3v) is 4.03. The first-order valence-corrected chi connectivity index (χ1v) is 6.91. The van der Waals surface area contributed by atoms with Crippen LogP contribution in [0.25, 0.3) is 0 Å². The van der Waals surface area contributed by atoms with E-state index in [1.54, 1.807) is 0 Å². The standard InChI is InChI=1S/C15H20F2N2O2/c1-14(10-18)11-19(8-7-15(14,16)17)13(20)21-9-12-5-3-2-4-6-12/h2-6H,7-11,18H2,1H3. The van der Waals surface area contributed by atoms with Gasteiger partial charge in [-0.25, -0.2) is 13.6 Å². The molecule has 21 heavy (non-hydrogen) atoms. The number of amides is 1. The summed E-state index contributed by atoms with van der Waals surface area (Å²) in [4.78, 5) is 13.3. The summed E-state index contributed by atoms with van der Waals surface area (Å²) in [6.07, 6.45) is -0.963. The van der Waals surface area contributed by atoms with Crippen molar-refractivity contribution in [1.29, 1.82) is 0 Å². The van der Waals surface area contributed by atoms with Crippen molar-refractivity contribution in [3.05, 3.63) is 35.9 Å². The van der Waals surface area contributed by atoms with E-state index in [2.05, 4.69) is 0 Å². The highest BCUT2D eigenvalue weighted by atomic mass is 19.3. The maximum absolute atomic E-state index is 13.9. The first-order valence-electron chi connectivity index (χ1n) is 6.91. The van der Waals surface area contributed by atoms with Gasteiger partial charge in [0.05, 0.1) is 5.41 Å². The zero-order chi connectivity index (χ0) is 15.5. The Morgan fingerprint density at radius 1 is 1.38 bits per heavy atom. The van der Waals surface area contributed by atoms with Gasteiger partial charge in [0.1, 0.15) is 6.61 Å². The van der Waals surface area contributed by atoms with Crippen molar-refractivity contribution in [2.75, 3.05) is 19.6 Å². The normalized spacial score (nSPS) is 24.7. The summed E-state index contributed by atoms with van der Waals surface area (Å²) in [5.74, 6) is -2.86. The number of hydrogen-bond acceptors (Lipinski definition) is 3. The summed E-state index contributed by atoms with van der Waals surface area (Å²) in [7, 11) is 0. The number of benzene rings is 1. The zero-order valence-electron chi connectivity index (χ0n) is 12.0. The van der Waals surface area contributed by atoms with Gasteiger partial charge >= 0.3 is 6.09 Å². The summed E-state index contributed by atoms with van der Waals surface area (Å²) in [6.45, 7) is 1.25. The molecule has 1 amide bonds. The van der Waals surface area contributed by atoms with Crippen LogP contribution in [0.5, 0.6) is 0 Å². The van der Waals surface area contributed by atoms with Crippen molar-refractivity contribution in [2.24, 2.45) is 11.1 Å². The fourth-order valence-corrected chi connectivity index (χ4v) is 2.37. The molecule has 116 valence electrons. The highest BCUT2D eigenvalue weighted by molar-refractivity contribution is 5.68. The van der Waals surface area contributed by atoms with Crippen molar-refractivity contribution in [1.82, 2.24) is 4.90 Å². The molecule has 0 aliphatic carbocycles. The lowest BCUT2D eigenvalue weighted by atomic mass is 9.78. The Kier molecular flexibility index (Phi) is 4.46. The number of ether oxygens (including phenoxy) is 1. The smallest absolute Gasteiger partial charge is 0.410 e. The minimum Gasteiger partial charge on any atom is -0.445 e. The van der Waals surface area contributed by atoms with E-state index in [0.29, 0.717) is 0 Å². The maximum Gasteiger partial charge on any atom is 0.410 e. The lowest BCUT2D eigenvalue weighted by Crippen LogP contribution is -2.58. The quantitative estimate of drug-likeness (QED) is 0.933. The summed E-state index contributed by atoms with van der Waals surface area (Å²) < 4.78 is 32.9. The highest BCUT2D eigenvalue weighted by Gasteiger charge is 2.53. The molecule has 2 N–H and O–H groups in total. The molecule has 1 fully saturated rings. The molecule has 0 radical (unpaired) electrons. The van der Waals surface area contributed by atoms with E-state index < -0.39 is 17.4 Å². The minimum atomic E-state index is -2.86. The molecule has 6 heteroatoms. The lowest BCUT2D eigenvalue weighted by Gasteiger charge is -2.44. The molecule has 0 spiro atoms. The topological polar surface area (TPSA) is 55.6 Å². The van der Waals surface area contributed by atoms with Crippen LogP contribution in [0.3, 0.4) is 0 Å². The number of carbonyl (C=O) groups excluding carboxylic acids is 1. The Labute approximate surface area is 122 Å². The summed E-state index contributed by atoms with van der Waals surface area (Å²) in [5.41, 5.74) is 4.93. The third-order valence-electron chi connectivity index (χ3n) is 4.03. The Balaban J connectivity index is 1.95. The molecule has 1 aliphatic rings. The van der Waals surface area contributed by atoms with Gasteiger partial charge in [0.25, 0.3) is 5.92 Å². The largest absolute Gasteiger partial charge is 0.445 e. The average Bonchev–Trinajstić information content (AvgIpc) is 2.48. The molecule has 1 saturated heterocycles. The second-order valence-corrected chi connectivity index (χ2v) is 5.68. The number of halogens is 2. The number of hydrogen-bond donors (Lipinski definition) is 1. The second-order valence-electron chi connectivity index (χ2n) is 5.68. The molecular formula is C15H20F2N2O2. The van der Waals surface area contributed by atoms with Crippen LogP contribution in [0.2, 0.25) is 0 Å². The monoisotopic (exact) mass is 298 g/mol. The predicted molar refractivity (Wildman–Crippen MR) is 74.9 cm³/mol. The molecule has 4 nitrogen and oxygen atoms in total. The van der Waals surface area contributed by atoms with Crippen LogP contribution in [0.4, 0.5) is 13.6 Å². The van der Waals surface area contributed by atoms with Gasteiger partial charge in [0.15, 0.2) is 0 Å². The molecule has 1 aromatic rings. The number of nitrogens with zero attached hydrogens (tertiary/aromatic N) is 1. The number of rotatable bonds is 3. The van der Waals surface area contributed by atoms with Crippen molar-refractivity contribution < 1.29 is 18.3 Å². The SMILES string of the molecule is CC1(CN)CN(C(=O)OCc2ccccc2)CCC1(F)F. The molecular weight excluding hydrogens is 278 g/mol. The molecule has 1 aromatic carbocycles. The van der Waals surface area contributed by atoms with Gasteiger partial charge in [-0.1, -0.05) is 37.3 Å². The number of likely N-dealkylation sites (tertiary alicyclic amines) is 1. The number of nitrogens with two attached hydrogens (primary N) is 1. The molecule has 2 rings (SSSR count). The summed E-state index contributed by atoms with van der Waals surface area (Å²) in [5, 5.41) is 0. The van der Waals surface area contributed by atoms with Gasteiger partial charge in [-0.3, -0.25) is 0 Å². The minimum absolute atomic E-state index is 0.0176. The molecule has 1 heterocycles. The first-order chi connectivity index (χ1) is 9.88. The third kappa shape index (κ3) is 3.32. The molecule has 0 bridgehead atoms. The number of carbonyl (C=O) groups is 1. The van der Waals surface area contributed by atoms with Gasteiger partial charge in [0, 0.05) is 26.1 Å².